The summed E-state index contributed by atoms with van der Waals surface area (Å²) in [6.07, 6.45) is -1.59. The van der Waals surface area contributed by atoms with Gasteiger partial charge in [0.1, 0.15) is 18.5 Å². The van der Waals surface area contributed by atoms with E-state index in [1.807, 2.05) is 12.1 Å². The Hall–Kier alpha value is -1.78. The van der Waals surface area contributed by atoms with Gasteiger partial charge < -0.3 is 14.6 Å². The van der Waals surface area contributed by atoms with Crippen LogP contribution in [0.4, 0.5) is 4.39 Å². The summed E-state index contributed by atoms with van der Waals surface area (Å²) in [6.45, 7) is 1.82. The molecule has 0 fully saturated rings. The highest BCUT2D eigenvalue weighted by Gasteiger charge is 2.30. The molecule has 0 amide bonds. The molecular formula is C16H14ClFO3. The van der Waals surface area contributed by atoms with E-state index in [9.17, 15) is 9.50 Å². The van der Waals surface area contributed by atoms with Gasteiger partial charge in [0.25, 0.3) is 0 Å². The molecule has 3 rings (SSSR count). The SMILES string of the molecule is Cc1cc(C(O)C2COc3ccccc3O2)c(Cl)cc1F. The van der Waals surface area contributed by atoms with Crippen LogP contribution in [0.3, 0.4) is 0 Å². The van der Waals surface area contributed by atoms with Crippen molar-refractivity contribution >= 4 is 11.6 Å². The number of ether oxygens (including phenoxy) is 2. The summed E-state index contributed by atoms with van der Waals surface area (Å²) >= 11 is 6.02. The minimum absolute atomic E-state index is 0.174. The van der Waals surface area contributed by atoms with E-state index in [4.69, 9.17) is 21.1 Å². The second-order valence-electron chi connectivity index (χ2n) is 4.98. The van der Waals surface area contributed by atoms with E-state index in [2.05, 4.69) is 0 Å². The highest BCUT2D eigenvalue weighted by atomic mass is 35.5. The van der Waals surface area contributed by atoms with Crippen molar-refractivity contribution in [3.05, 3.63) is 58.4 Å². The zero-order valence-corrected chi connectivity index (χ0v) is 12.1. The third-order valence-electron chi connectivity index (χ3n) is 3.48. The lowest BCUT2D eigenvalue weighted by Crippen LogP contribution is -2.35. The maximum absolute atomic E-state index is 13.4. The van der Waals surface area contributed by atoms with Gasteiger partial charge in [0.2, 0.25) is 0 Å². The lowest BCUT2D eigenvalue weighted by atomic mass is 10.0. The third kappa shape index (κ3) is 2.69. The summed E-state index contributed by atoms with van der Waals surface area (Å²) in [6, 6.07) is 9.98. The monoisotopic (exact) mass is 308 g/mol. The van der Waals surface area contributed by atoms with E-state index >= 15 is 0 Å². The molecule has 110 valence electrons. The largest absolute Gasteiger partial charge is 0.486 e. The van der Waals surface area contributed by atoms with Gasteiger partial charge in [0, 0.05) is 10.6 Å². The van der Waals surface area contributed by atoms with Gasteiger partial charge in [-0.05, 0) is 36.8 Å². The van der Waals surface area contributed by atoms with E-state index in [0.29, 0.717) is 22.6 Å². The van der Waals surface area contributed by atoms with E-state index in [-0.39, 0.29) is 11.6 Å². The van der Waals surface area contributed by atoms with Gasteiger partial charge >= 0.3 is 0 Å². The van der Waals surface area contributed by atoms with Crippen LogP contribution in [-0.2, 0) is 0 Å². The number of rotatable bonds is 2. The molecule has 0 saturated carbocycles. The second kappa shape index (κ2) is 5.54. The number of benzene rings is 2. The molecule has 1 aliphatic heterocycles. The number of aliphatic hydroxyl groups is 1. The molecule has 1 heterocycles. The Kier molecular flexibility index (Phi) is 3.74. The van der Waals surface area contributed by atoms with Gasteiger partial charge in [-0.3, -0.25) is 0 Å². The predicted molar refractivity (Wildman–Crippen MR) is 77.5 cm³/mol. The Morgan fingerprint density at radius 3 is 2.76 bits per heavy atom. The van der Waals surface area contributed by atoms with Crippen molar-refractivity contribution in [2.45, 2.75) is 19.1 Å². The number of para-hydroxylation sites is 2. The molecule has 0 bridgehead atoms. The Labute approximate surface area is 126 Å². The average molecular weight is 309 g/mol. The van der Waals surface area contributed by atoms with Crippen molar-refractivity contribution in [2.24, 2.45) is 0 Å². The normalized spacial score (nSPS) is 18.4. The summed E-state index contributed by atoms with van der Waals surface area (Å²) < 4.78 is 24.8. The molecule has 1 N–H and O–H groups in total. The smallest absolute Gasteiger partial charge is 0.163 e. The Morgan fingerprint density at radius 1 is 1.29 bits per heavy atom. The number of hydrogen-bond acceptors (Lipinski definition) is 3. The number of aryl methyl sites for hydroxylation is 1. The minimum atomic E-state index is -0.995. The lowest BCUT2D eigenvalue weighted by Gasteiger charge is -2.30. The Bertz CT molecular complexity index is 675. The van der Waals surface area contributed by atoms with Crippen LogP contribution < -0.4 is 9.47 Å². The molecule has 2 atom stereocenters. The highest BCUT2D eigenvalue weighted by Crippen LogP contribution is 2.36. The van der Waals surface area contributed by atoms with Crippen molar-refractivity contribution in [2.75, 3.05) is 6.61 Å². The maximum atomic E-state index is 13.4. The van der Waals surface area contributed by atoms with Crippen molar-refractivity contribution < 1.29 is 19.0 Å². The van der Waals surface area contributed by atoms with Gasteiger partial charge in [0.05, 0.1) is 0 Å². The van der Waals surface area contributed by atoms with Crippen LogP contribution in [0.5, 0.6) is 11.5 Å². The lowest BCUT2D eigenvalue weighted by molar-refractivity contribution is -0.0113. The fraction of sp³-hybridized carbons (Fsp3) is 0.250. The molecule has 2 aromatic carbocycles. The Balaban J connectivity index is 1.87. The van der Waals surface area contributed by atoms with E-state index in [1.165, 1.54) is 12.1 Å². The summed E-state index contributed by atoms with van der Waals surface area (Å²) in [4.78, 5) is 0. The van der Waals surface area contributed by atoms with E-state index in [1.54, 1.807) is 19.1 Å². The van der Waals surface area contributed by atoms with Gasteiger partial charge in [-0.25, -0.2) is 4.39 Å². The number of fused-ring (bicyclic) bond motifs is 1. The van der Waals surface area contributed by atoms with Crippen LogP contribution in [0, 0.1) is 12.7 Å². The fourth-order valence-corrected chi connectivity index (χ4v) is 2.56. The zero-order chi connectivity index (χ0) is 15.0. The number of halogens is 2. The molecule has 2 unspecified atom stereocenters. The number of hydrogen-bond donors (Lipinski definition) is 1. The summed E-state index contributed by atoms with van der Waals surface area (Å²) in [5, 5.41) is 10.6. The zero-order valence-electron chi connectivity index (χ0n) is 11.3. The maximum Gasteiger partial charge on any atom is 0.163 e. The molecule has 21 heavy (non-hydrogen) atoms. The molecule has 5 heteroatoms. The topological polar surface area (TPSA) is 38.7 Å². The van der Waals surface area contributed by atoms with Crippen LogP contribution >= 0.6 is 11.6 Å². The molecular weight excluding hydrogens is 295 g/mol. The first-order valence-electron chi connectivity index (χ1n) is 6.58. The van der Waals surface area contributed by atoms with Gasteiger partial charge in [-0.15, -0.1) is 0 Å². The van der Waals surface area contributed by atoms with Crippen LogP contribution in [0.1, 0.15) is 17.2 Å². The Morgan fingerprint density at radius 2 is 2.00 bits per heavy atom. The van der Waals surface area contributed by atoms with Crippen LogP contribution in [0.15, 0.2) is 36.4 Å². The summed E-state index contributed by atoms with van der Waals surface area (Å²) in [5.41, 5.74) is 0.856. The van der Waals surface area contributed by atoms with Crippen molar-refractivity contribution in [1.82, 2.24) is 0 Å². The molecule has 2 aromatic rings. The van der Waals surface area contributed by atoms with E-state index < -0.39 is 18.0 Å². The van der Waals surface area contributed by atoms with Gasteiger partial charge in [0.15, 0.2) is 17.6 Å². The summed E-state index contributed by atoms with van der Waals surface area (Å²) in [5.74, 6) is 0.812. The first-order chi connectivity index (χ1) is 10.1. The van der Waals surface area contributed by atoms with Crippen LogP contribution in [0.2, 0.25) is 5.02 Å². The van der Waals surface area contributed by atoms with Gasteiger partial charge in [-0.2, -0.15) is 0 Å². The number of aliphatic hydroxyl groups excluding tert-OH is 1. The third-order valence-corrected chi connectivity index (χ3v) is 3.81. The molecule has 0 aromatic heterocycles. The second-order valence-corrected chi connectivity index (χ2v) is 5.39. The quantitative estimate of drug-likeness (QED) is 0.920. The molecule has 3 nitrogen and oxygen atoms in total. The van der Waals surface area contributed by atoms with Crippen LogP contribution in [-0.4, -0.2) is 17.8 Å². The van der Waals surface area contributed by atoms with Crippen LogP contribution in [0.25, 0.3) is 0 Å². The first-order valence-corrected chi connectivity index (χ1v) is 6.96. The summed E-state index contributed by atoms with van der Waals surface area (Å²) in [7, 11) is 0. The van der Waals surface area contributed by atoms with E-state index in [0.717, 1.165) is 0 Å². The average Bonchev–Trinajstić information content (AvgIpc) is 2.50. The van der Waals surface area contributed by atoms with Crippen molar-refractivity contribution in [3.8, 4) is 11.5 Å². The first kappa shape index (κ1) is 14.2. The fourth-order valence-electron chi connectivity index (χ4n) is 2.30. The molecule has 0 aliphatic carbocycles. The molecule has 0 radical (unpaired) electrons. The molecule has 0 saturated heterocycles. The standard InChI is InChI=1S/C16H14ClFO3/c1-9-6-10(11(17)7-12(9)18)16(19)15-8-20-13-4-2-3-5-14(13)21-15/h2-7,15-16,19H,8H2,1H3. The van der Waals surface area contributed by atoms with Crippen molar-refractivity contribution in [1.29, 1.82) is 0 Å². The molecule has 1 aliphatic rings. The molecule has 0 spiro atoms. The highest BCUT2D eigenvalue weighted by molar-refractivity contribution is 6.31. The predicted octanol–water partition coefficient (Wildman–Crippen LogP) is 3.66. The van der Waals surface area contributed by atoms with Gasteiger partial charge in [-0.1, -0.05) is 23.7 Å². The minimum Gasteiger partial charge on any atom is -0.486 e. The van der Waals surface area contributed by atoms with Crippen molar-refractivity contribution in [3.63, 3.8) is 0 Å².